The van der Waals surface area contributed by atoms with Crippen LogP contribution in [0.15, 0.2) is 18.2 Å². The number of rotatable bonds is 8. The van der Waals surface area contributed by atoms with Crippen LogP contribution in [0.2, 0.25) is 0 Å². The fourth-order valence-electron chi connectivity index (χ4n) is 2.51. The van der Waals surface area contributed by atoms with Gasteiger partial charge in [-0.2, -0.15) is 0 Å². The number of aryl methyl sites for hydroxylation is 2. The van der Waals surface area contributed by atoms with Gasteiger partial charge in [-0.25, -0.2) is 0 Å². The van der Waals surface area contributed by atoms with Gasteiger partial charge in [0.05, 0.1) is 0 Å². The molecule has 128 valence electrons. The highest BCUT2D eigenvalue weighted by atomic mass is 16.2. The maximum atomic E-state index is 12.1. The van der Waals surface area contributed by atoms with Gasteiger partial charge in [-0.3, -0.25) is 9.59 Å². The second-order valence-electron chi connectivity index (χ2n) is 6.34. The molecular weight excluding hydrogens is 290 g/mol. The summed E-state index contributed by atoms with van der Waals surface area (Å²) in [6.45, 7) is 7.63. The largest absolute Gasteiger partial charge is 0.342 e. The van der Waals surface area contributed by atoms with Crippen LogP contribution >= 0.6 is 0 Å². The average Bonchev–Trinajstić information content (AvgIpc) is 2.40. The molecule has 5 nitrogen and oxygen atoms in total. The summed E-state index contributed by atoms with van der Waals surface area (Å²) in [5.41, 5.74) is 3.05. The van der Waals surface area contributed by atoms with Gasteiger partial charge >= 0.3 is 0 Å². The Morgan fingerprint density at radius 3 is 2.13 bits per heavy atom. The molecule has 0 aliphatic heterocycles. The van der Waals surface area contributed by atoms with Crippen LogP contribution in [0.5, 0.6) is 0 Å². The predicted octanol–water partition coefficient (Wildman–Crippen LogP) is 2.43. The number of amides is 2. The van der Waals surface area contributed by atoms with Gasteiger partial charge in [-0.15, -0.1) is 0 Å². The van der Waals surface area contributed by atoms with Gasteiger partial charge < -0.3 is 15.1 Å². The van der Waals surface area contributed by atoms with E-state index in [1.165, 1.54) is 0 Å². The molecule has 0 saturated carbocycles. The van der Waals surface area contributed by atoms with Crippen molar-refractivity contribution in [1.82, 2.24) is 9.80 Å². The van der Waals surface area contributed by atoms with Crippen molar-refractivity contribution >= 4 is 17.5 Å². The van der Waals surface area contributed by atoms with E-state index < -0.39 is 0 Å². The smallest absolute Gasteiger partial charge is 0.226 e. The molecular formula is C18H29N3O2. The van der Waals surface area contributed by atoms with E-state index in [0.29, 0.717) is 19.5 Å². The predicted molar refractivity (Wildman–Crippen MR) is 94.6 cm³/mol. The highest BCUT2D eigenvalue weighted by molar-refractivity contribution is 5.91. The van der Waals surface area contributed by atoms with Crippen molar-refractivity contribution in [3.05, 3.63) is 29.3 Å². The third kappa shape index (κ3) is 7.79. The number of hydrogen-bond donors (Lipinski definition) is 1. The Kier molecular flexibility index (Phi) is 7.75. The number of hydrogen-bond acceptors (Lipinski definition) is 3. The summed E-state index contributed by atoms with van der Waals surface area (Å²) < 4.78 is 0. The van der Waals surface area contributed by atoms with Crippen LogP contribution in [0.25, 0.3) is 0 Å². The SMILES string of the molecule is CC(=O)N(CCCN(C)C)CCC(=O)Nc1cc(C)cc(C)c1. The van der Waals surface area contributed by atoms with Crippen LogP contribution in [0.3, 0.4) is 0 Å². The molecule has 5 heteroatoms. The van der Waals surface area contributed by atoms with Crippen LogP contribution in [0.4, 0.5) is 5.69 Å². The molecule has 0 fully saturated rings. The van der Waals surface area contributed by atoms with Crippen LogP contribution in [0, 0.1) is 13.8 Å². The third-order valence-corrected chi connectivity index (χ3v) is 3.59. The van der Waals surface area contributed by atoms with Crippen LogP contribution in [-0.4, -0.2) is 55.3 Å². The molecule has 1 rings (SSSR count). The molecule has 0 radical (unpaired) electrons. The Bertz CT molecular complexity index is 521. The van der Waals surface area contributed by atoms with E-state index in [0.717, 1.165) is 29.8 Å². The van der Waals surface area contributed by atoms with Gasteiger partial charge in [0.15, 0.2) is 0 Å². The lowest BCUT2D eigenvalue weighted by molar-refractivity contribution is -0.129. The van der Waals surface area contributed by atoms with E-state index in [4.69, 9.17) is 0 Å². The van der Waals surface area contributed by atoms with Gasteiger partial charge in [0.2, 0.25) is 11.8 Å². The lowest BCUT2D eigenvalue weighted by Gasteiger charge is -2.21. The number of nitrogens with zero attached hydrogens (tertiary/aromatic N) is 2. The maximum absolute atomic E-state index is 12.1. The van der Waals surface area contributed by atoms with Gasteiger partial charge in [0, 0.05) is 32.1 Å². The van der Waals surface area contributed by atoms with Crippen LogP contribution in [-0.2, 0) is 9.59 Å². The van der Waals surface area contributed by atoms with Crippen molar-refractivity contribution in [2.24, 2.45) is 0 Å². The molecule has 0 saturated heterocycles. The molecule has 1 aromatic rings. The van der Waals surface area contributed by atoms with E-state index in [9.17, 15) is 9.59 Å². The fraction of sp³-hybridized carbons (Fsp3) is 0.556. The van der Waals surface area contributed by atoms with Crippen molar-refractivity contribution in [2.45, 2.75) is 33.6 Å². The number of nitrogens with one attached hydrogen (secondary N) is 1. The first kappa shape index (κ1) is 19.2. The zero-order valence-corrected chi connectivity index (χ0v) is 15.0. The lowest BCUT2D eigenvalue weighted by atomic mass is 10.1. The number of anilines is 1. The summed E-state index contributed by atoms with van der Waals surface area (Å²) in [7, 11) is 4.02. The van der Waals surface area contributed by atoms with Gasteiger partial charge in [0.1, 0.15) is 0 Å². The maximum Gasteiger partial charge on any atom is 0.226 e. The molecule has 0 aliphatic carbocycles. The molecule has 1 N–H and O–H groups in total. The Hall–Kier alpha value is -1.88. The summed E-state index contributed by atoms with van der Waals surface area (Å²) in [5, 5.41) is 2.91. The standard InChI is InChI=1S/C18H29N3O2/c1-14-11-15(2)13-17(12-14)19-18(23)7-10-21(16(3)22)9-6-8-20(4)5/h11-13H,6-10H2,1-5H3,(H,19,23). The normalized spacial score (nSPS) is 10.7. The third-order valence-electron chi connectivity index (χ3n) is 3.59. The second-order valence-corrected chi connectivity index (χ2v) is 6.34. The zero-order valence-electron chi connectivity index (χ0n) is 15.0. The summed E-state index contributed by atoms with van der Waals surface area (Å²) in [6.07, 6.45) is 1.22. The topological polar surface area (TPSA) is 52.7 Å². The molecule has 0 aliphatic rings. The minimum atomic E-state index is -0.0612. The minimum absolute atomic E-state index is 0.0166. The summed E-state index contributed by atoms with van der Waals surface area (Å²) >= 11 is 0. The van der Waals surface area contributed by atoms with Crippen LogP contribution in [0.1, 0.15) is 30.9 Å². The van der Waals surface area contributed by atoms with E-state index in [-0.39, 0.29) is 11.8 Å². The van der Waals surface area contributed by atoms with Gasteiger partial charge in [-0.1, -0.05) is 6.07 Å². The molecule has 0 heterocycles. The number of carbonyl (C=O) groups excluding carboxylic acids is 2. The molecule has 0 bridgehead atoms. The molecule has 0 atom stereocenters. The Labute approximate surface area is 139 Å². The van der Waals surface area contributed by atoms with Crippen molar-refractivity contribution < 1.29 is 9.59 Å². The zero-order chi connectivity index (χ0) is 17.4. The van der Waals surface area contributed by atoms with Gasteiger partial charge in [-0.05, 0) is 64.2 Å². The monoisotopic (exact) mass is 319 g/mol. The van der Waals surface area contributed by atoms with Crippen molar-refractivity contribution in [1.29, 1.82) is 0 Å². The van der Waals surface area contributed by atoms with Crippen LogP contribution < -0.4 is 5.32 Å². The number of carbonyl (C=O) groups is 2. The van der Waals surface area contributed by atoms with E-state index in [1.807, 2.05) is 40.1 Å². The Balaban J connectivity index is 2.46. The average molecular weight is 319 g/mol. The van der Waals surface area contributed by atoms with Crippen molar-refractivity contribution in [3.8, 4) is 0 Å². The Morgan fingerprint density at radius 2 is 1.61 bits per heavy atom. The molecule has 0 unspecified atom stereocenters. The quantitative estimate of drug-likeness (QED) is 0.801. The number of benzene rings is 1. The molecule has 1 aromatic carbocycles. The molecule has 2 amide bonds. The van der Waals surface area contributed by atoms with E-state index in [2.05, 4.69) is 16.3 Å². The Morgan fingerprint density at radius 1 is 1.00 bits per heavy atom. The molecule has 23 heavy (non-hydrogen) atoms. The minimum Gasteiger partial charge on any atom is -0.342 e. The first-order valence-electron chi connectivity index (χ1n) is 8.06. The molecule has 0 spiro atoms. The second kappa shape index (κ2) is 9.30. The summed E-state index contributed by atoms with van der Waals surface area (Å²) in [4.78, 5) is 27.6. The molecule has 0 aromatic heterocycles. The first-order chi connectivity index (χ1) is 10.8. The van der Waals surface area contributed by atoms with E-state index in [1.54, 1.807) is 11.8 Å². The fourth-order valence-corrected chi connectivity index (χ4v) is 2.51. The summed E-state index contributed by atoms with van der Waals surface area (Å²) in [6, 6.07) is 5.97. The van der Waals surface area contributed by atoms with E-state index >= 15 is 0 Å². The highest BCUT2D eigenvalue weighted by Gasteiger charge is 2.11. The van der Waals surface area contributed by atoms with Gasteiger partial charge in [0.25, 0.3) is 0 Å². The first-order valence-corrected chi connectivity index (χ1v) is 8.06. The van der Waals surface area contributed by atoms with Crippen molar-refractivity contribution in [3.63, 3.8) is 0 Å². The van der Waals surface area contributed by atoms with Crippen molar-refractivity contribution in [2.75, 3.05) is 39.0 Å². The lowest BCUT2D eigenvalue weighted by Crippen LogP contribution is -2.34. The highest BCUT2D eigenvalue weighted by Crippen LogP contribution is 2.14. The summed E-state index contributed by atoms with van der Waals surface area (Å²) in [5.74, 6) is -0.0446.